The molecule has 0 spiro atoms. The Morgan fingerprint density at radius 1 is 1.24 bits per heavy atom. The lowest BCUT2D eigenvalue weighted by molar-refractivity contribution is -0.131. The standard InChI is InChI=1S/C25H34N2O6S/c1-6-25(29)26(4)15-23-17(2)14-27(18(3)16-28)34(30,31)24-12-9-20(13-22(24)33-23)19-7-10-21(32-5)11-8-19/h7-13,17-18,23,28H,6,14-16H2,1-5H3/t17-,18+,23-/m0/s1. The van der Waals surface area contributed by atoms with E-state index in [0.717, 1.165) is 16.9 Å². The summed E-state index contributed by atoms with van der Waals surface area (Å²) in [6, 6.07) is 11.9. The molecule has 2 aromatic rings. The van der Waals surface area contributed by atoms with E-state index >= 15 is 0 Å². The Morgan fingerprint density at radius 3 is 2.47 bits per heavy atom. The van der Waals surface area contributed by atoms with Gasteiger partial charge in [-0.2, -0.15) is 4.31 Å². The first kappa shape index (κ1) is 26.0. The maximum Gasteiger partial charge on any atom is 0.247 e. The van der Waals surface area contributed by atoms with Crippen LogP contribution in [-0.4, -0.2) is 74.6 Å². The predicted molar refractivity (Wildman–Crippen MR) is 130 cm³/mol. The zero-order chi connectivity index (χ0) is 25.0. The quantitative estimate of drug-likeness (QED) is 0.641. The minimum atomic E-state index is -3.92. The van der Waals surface area contributed by atoms with Gasteiger partial charge in [-0.05, 0) is 42.3 Å². The largest absolute Gasteiger partial charge is 0.497 e. The van der Waals surface area contributed by atoms with Crippen molar-refractivity contribution in [3.63, 3.8) is 0 Å². The smallest absolute Gasteiger partial charge is 0.247 e. The number of hydrogen-bond acceptors (Lipinski definition) is 6. The molecule has 1 aliphatic rings. The molecule has 0 aromatic heterocycles. The number of rotatable bonds is 7. The molecule has 0 fully saturated rings. The Balaban J connectivity index is 2.10. The number of aliphatic hydroxyl groups is 1. The summed E-state index contributed by atoms with van der Waals surface area (Å²) in [5, 5.41) is 9.77. The molecule has 1 heterocycles. The van der Waals surface area contributed by atoms with Crippen LogP contribution in [0.5, 0.6) is 11.5 Å². The second kappa shape index (κ2) is 10.8. The van der Waals surface area contributed by atoms with E-state index in [2.05, 4.69) is 0 Å². The number of amides is 1. The molecule has 0 saturated carbocycles. The lowest BCUT2D eigenvalue weighted by atomic mass is 10.0. The molecule has 186 valence electrons. The molecule has 0 aliphatic carbocycles. The zero-order valence-electron chi connectivity index (χ0n) is 20.4. The minimum absolute atomic E-state index is 0.0155. The van der Waals surface area contributed by atoms with Crippen molar-refractivity contribution in [2.45, 2.75) is 44.2 Å². The molecule has 34 heavy (non-hydrogen) atoms. The van der Waals surface area contributed by atoms with Gasteiger partial charge >= 0.3 is 0 Å². The average molecular weight is 491 g/mol. The Morgan fingerprint density at radius 2 is 1.88 bits per heavy atom. The molecule has 3 atom stereocenters. The molecule has 8 nitrogen and oxygen atoms in total. The summed E-state index contributed by atoms with van der Waals surface area (Å²) in [5.74, 6) is 0.712. The van der Waals surface area contributed by atoms with E-state index in [0.29, 0.717) is 13.0 Å². The summed E-state index contributed by atoms with van der Waals surface area (Å²) < 4.78 is 40.1. The van der Waals surface area contributed by atoms with Crippen molar-refractivity contribution in [3.8, 4) is 22.6 Å². The molecule has 0 radical (unpaired) electrons. The number of benzene rings is 2. The van der Waals surface area contributed by atoms with Gasteiger partial charge in [0, 0.05) is 32.0 Å². The number of sulfonamides is 1. The van der Waals surface area contributed by atoms with Crippen molar-refractivity contribution >= 4 is 15.9 Å². The summed E-state index contributed by atoms with van der Waals surface area (Å²) >= 11 is 0. The highest BCUT2D eigenvalue weighted by molar-refractivity contribution is 7.89. The van der Waals surface area contributed by atoms with Crippen LogP contribution in [-0.2, 0) is 14.8 Å². The van der Waals surface area contributed by atoms with Gasteiger partial charge in [0.15, 0.2) is 0 Å². The second-order valence-corrected chi connectivity index (χ2v) is 10.6. The Kier molecular flexibility index (Phi) is 8.22. The third kappa shape index (κ3) is 5.37. The maximum absolute atomic E-state index is 13.6. The van der Waals surface area contributed by atoms with E-state index in [1.807, 2.05) is 31.2 Å². The number of aliphatic hydroxyl groups excluding tert-OH is 1. The molecular weight excluding hydrogens is 456 g/mol. The number of methoxy groups -OCH3 is 1. The van der Waals surface area contributed by atoms with Crippen LogP contribution in [0.3, 0.4) is 0 Å². The predicted octanol–water partition coefficient (Wildman–Crippen LogP) is 3.00. The van der Waals surface area contributed by atoms with Crippen LogP contribution in [0.1, 0.15) is 27.2 Å². The minimum Gasteiger partial charge on any atom is -0.497 e. The van der Waals surface area contributed by atoms with E-state index in [-0.39, 0.29) is 35.6 Å². The number of fused-ring (bicyclic) bond motifs is 1. The van der Waals surface area contributed by atoms with Gasteiger partial charge in [0.05, 0.1) is 20.3 Å². The van der Waals surface area contributed by atoms with Gasteiger partial charge < -0.3 is 19.5 Å². The second-order valence-electron chi connectivity index (χ2n) is 8.76. The molecule has 1 aliphatic heterocycles. The monoisotopic (exact) mass is 490 g/mol. The molecule has 1 N–H and O–H groups in total. The third-order valence-electron chi connectivity index (χ3n) is 6.27. The first-order chi connectivity index (χ1) is 16.1. The Bertz CT molecular complexity index is 1100. The van der Waals surface area contributed by atoms with E-state index in [1.165, 1.54) is 4.31 Å². The number of hydrogen-bond donors (Lipinski definition) is 1. The topological polar surface area (TPSA) is 96.4 Å². The highest BCUT2D eigenvalue weighted by Gasteiger charge is 2.38. The van der Waals surface area contributed by atoms with Crippen molar-refractivity contribution in [2.75, 3.05) is 33.9 Å². The summed E-state index contributed by atoms with van der Waals surface area (Å²) in [6.07, 6.45) is -0.0630. The zero-order valence-corrected chi connectivity index (χ0v) is 21.2. The van der Waals surface area contributed by atoms with E-state index in [9.17, 15) is 18.3 Å². The molecule has 2 aromatic carbocycles. The van der Waals surface area contributed by atoms with Crippen molar-refractivity contribution < 1.29 is 27.8 Å². The van der Waals surface area contributed by atoms with Gasteiger partial charge in [-0.3, -0.25) is 4.79 Å². The lowest BCUT2D eigenvalue weighted by Gasteiger charge is -2.37. The Labute approximate surface area is 202 Å². The van der Waals surface area contributed by atoms with Gasteiger partial charge in [-0.25, -0.2) is 8.42 Å². The number of nitrogens with zero attached hydrogens (tertiary/aromatic N) is 2. The van der Waals surface area contributed by atoms with E-state index in [1.54, 1.807) is 51.1 Å². The van der Waals surface area contributed by atoms with Gasteiger partial charge in [-0.1, -0.05) is 32.0 Å². The average Bonchev–Trinajstić information content (AvgIpc) is 2.84. The fraction of sp³-hybridized carbons (Fsp3) is 0.480. The molecular formula is C25H34N2O6S. The van der Waals surface area contributed by atoms with Gasteiger partial charge in [0.25, 0.3) is 0 Å². The van der Waals surface area contributed by atoms with Gasteiger partial charge in [-0.15, -0.1) is 0 Å². The summed E-state index contributed by atoms with van der Waals surface area (Å²) in [4.78, 5) is 13.9. The summed E-state index contributed by atoms with van der Waals surface area (Å²) in [6.45, 7) is 5.57. The number of likely N-dealkylation sites (N-methyl/N-ethyl adjacent to an activating group) is 1. The van der Waals surface area contributed by atoms with Crippen molar-refractivity contribution in [2.24, 2.45) is 5.92 Å². The molecule has 0 saturated heterocycles. The third-order valence-corrected chi connectivity index (χ3v) is 8.29. The van der Waals surface area contributed by atoms with Crippen LogP contribution in [0.4, 0.5) is 0 Å². The summed E-state index contributed by atoms with van der Waals surface area (Å²) in [5.41, 5.74) is 1.68. The summed E-state index contributed by atoms with van der Waals surface area (Å²) in [7, 11) is -0.602. The Hall–Kier alpha value is -2.62. The van der Waals surface area contributed by atoms with Gasteiger partial charge in [0.2, 0.25) is 15.9 Å². The van der Waals surface area contributed by atoms with Crippen molar-refractivity contribution in [1.29, 1.82) is 0 Å². The molecule has 3 rings (SSSR count). The van der Waals surface area contributed by atoms with Gasteiger partial charge in [0.1, 0.15) is 22.5 Å². The van der Waals surface area contributed by atoms with Crippen molar-refractivity contribution in [1.82, 2.24) is 9.21 Å². The fourth-order valence-electron chi connectivity index (χ4n) is 4.05. The normalized spacial score (nSPS) is 20.9. The van der Waals surface area contributed by atoms with E-state index in [4.69, 9.17) is 9.47 Å². The molecule has 0 bridgehead atoms. The number of ether oxygens (including phenoxy) is 2. The van der Waals surface area contributed by atoms with E-state index < -0.39 is 22.2 Å². The highest BCUT2D eigenvalue weighted by Crippen LogP contribution is 2.36. The highest BCUT2D eigenvalue weighted by atomic mass is 32.2. The fourth-order valence-corrected chi connectivity index (χ4v) is 5.87. The lowest BCUT2D eigenvalue weighted by Crippen LogP contribution is -2.50. The van der Waals surface area contributed by atoms with Crippen LogP contribution in [0.2, 0.25) is 0 Å². The number of carbonyl (C=O) groups excluding carboxylic acids is 1. The molecule has 1 amide bonds. The van der Waals surface area contributed by atoms with Crippen LogP contribution in [0.15, 0.2) is 47.4 Å². The number of carbonyl (C=O) groups is 1. The van der Waals surface area contributed by atoms with Crippen LogP contribution < -0.4 is 9.47 Å². The van der Waals surface area contributed by atoms with Crippen molar-refractivity contribution in [3.05, 3.63) is 42.5 Å². The first-order valence-electron chi connectivity index (χ1n) is 11.4. The van der Waals surface area contributed by atoms with Crippen LogP contribution >= 0.6 is 0 Å². The molecule has 9 heteroatoms. The molecule has 0 unspecified atom stereocenters. The maximum atomic E-state index is 13.6. The van der Waals surface area contributed by atoms with Crippen LogP contribution in [0.25, 0.3) is 11.1 Å². The first-order valence-corrected chi connectivity index (χ1v) is 12.9. The van der Waals surface area contributed by atoms with Crippen LogP contribution in [0, 0.1) is 5.92 Å². The SMILES string of the molecule is CCC(=O)N(C)C[C@@H]1Oc2cc(-c3ccc(OC)cc3)ccc2S(=O)(=O)N([C@H](C)CO)C[C@@H]1C.